The Labute approximate surface area is 174 Å². The van der Waals surface area contributed by atoms with Crippen molar-refractivity contribution in [1.29, 1.82) is 0 Å². The van der Waals surface area contributed by atoms with Gasteiger partial charge in [-0.25, -0.2) is 4.79 Å². The number of rotatable bonds is 6. The van der Waals surface area contributed by atoms with Crippen molar-refractivity contribution < 1.29 is 14.7 Å². The normalized spacial score (nSPS) is 14.9. The van der Waals surface area contributed by atoms with Crippen molar-refractivity contribution in [2.45, 2.75) is 32.4 Å². The Bertz CT molecular complexity index is 1150. The van der Waals surface area contributed by atoms with E-state index < -0.39 is 12.0 Å². The lowest BCUT2D eigenvalue weighted by atomic mass is 10.0. The second-order valence-electron chi connectivity index (χ2n) is 7.52. The van der Waals surface area contributed by atoms with Crippen LogP contribution in [0.1, 0.15) is 30.9 Å². The van der Waals surface area contributed by atoms with Crippen molar-refractivity contribution >= 4 is 34.3 Å². The number of aryl methyl sites for hydroxylation is 1. The Morgan fingerprint density at radius 3 is 2.77 bits per heavy atom. The summed E-state index contributed by atoms with van der Waals surface area (Å²) < 4.78 is 2.04. The molecule has 7 heteroatoms. The molecule has 0 spiro atoms. The van der Waals surface area contributed by atoms with Crippen molar-refractivity contribution in [3.8, 4) is 0 Å². The Morgan fingerprint density at radius 2 is 2.03 bits per heavy atom. The molecule has 1 aromatic carbocycles. The zero-order valence-electron chi connectivity index (χ0n) is 17.1. The quantitative estimate of drug-likeness (QED) is 0.667. The van der Waals surface area contributed by atoms with Gasteiger partial charge < -0.3 is 9.67 Å². The van der Waals surface area contributed by atoms with Crippen molar-refractivity contribution in [3.05, 3.63) is 66.6 Å². The number of amides is 2. The Kier molecular flexibility index (Phi) is 5.03. The molecule has 154 valence electrons. The number of pyridine rings is 1. The number of fused-ring (bicyclic) bond motifs is 2. The van der Waals surface area contributed by atoms with Crippen LogP contribution in [-0.2, 0) is 18.4 Å². The number of para-hydroxylation sites is 1. The highest BCUT2D eigenvalue weighted by molar-refractivity contribution is 6.04. The van der Waals surface area contributed by atoms with Crippen LogP contribution in [0.4, 0.5) is 10.5 Å². The molecule has 0 aliphatic carbocycles. The number of nitrogens with zero attached hydrogens (tertiary/aromatic N) is 4. The minimum Gasteiger partial charge on any atom is -0.481 e. The molecule has 1 unspecified atom stereocenters. The van der Waals surface area contributed by atoms with Crippen molar-refractivity contribution in [3.63, 3.8) is 0 Å². The molecule has 3 heterocycles. The van der Waals surface area contributed by atoms with Crippen LogP contribution in [0.15, 0.2) is 55.5 Å². The first kappa shape index (κ1) is 19.7. The van der Waals surface area contributed by atoms with E-state index >= 15 is 0 Å². The van der Waals surface area contributed by atoms with E-state index in [2.05, 4.69) is 11.6 Å². The van der Waals surface area contributed by atoms with E-state index in [-0.39, 0.29) is 12.5 Å². The van der Waals surface area contributed by atoms with Crippen LogP contribution in [0.5, 0.6) is 0 Å². The fourth-order valence-electron chi connectivity index (χ4n) is 4.19. The Morgan fingerprint density at radius 1 is 1.27 bits per heavy atom. The van der Waals surface area contributed by atoms with E-state index in [4.69, 9.17) is 0 Å². The molecular formula is C23H24N4O3. The van der Waals surface area contributed by atoms with Gasteiger partial charge >= 0.3 is 12.0 Å². The van der Waals surface area contributed by atoms with Crippen LogP contribution in [0, 0.1) is 0 Å². The summed E-state index contributed by atoms with van der Waals surface area (Å²) in [5.41, 5.74) is 4.08. The zero-order valence-corrected chi connectivity index (χ0v) is 17.1. The molecule has 3 aromatic rings. The van der Waals surface area contributed by atoms with Gasteiger partial charge in [0.15, 0.2) is 0 Å². The van der Waals surface area contributed by atoms with Crippen LogP contribution < -0.4 is 4.90 Å². The second-order valence-corrected chi connectivity index (χ2v) is 7.52. The summed E-state index contributed by atoms with van der Waals surface area (Å²) in [4.78, 5) is 32.4. The maximum Gasteiger partial charge on any atom is 0.329 e. The summed E-state index contributed by atoms with van der Waals surface area (Å²) in [6.07, 6.45) is 5.73. The molecule has 2 amide bonds. The number of urea groups is 1. The maximum absolute atomic E-state index is 13.6. The molecule has 30 heavy (non-hydrogen) atoms. The Balaban J connectivity index is 1.79. The minimum atomic E-state index is -0.941. The molecule has 0 bridgehead atoms. The zero-order chi connectivity index (χ0) is 21.4. The molecule has 7 nitrogen and oxygen atoms in total. The number of carboxylic acid groups (broad SMARTS) is 1. The van der Waals surface area contributed by atoms with Crippen LogP contribution in [0.2, 0.25) is 0 Å². The number of hydrogen-bond donors (Lipinski definition) is 1. The predicted octanol–water partition coefficient (Wildman–Crippen LogP) is 4.24. The van der Waals surface area contributed by atoms with Gasteiger partial charge in [0.1, 0.15) is 0 Å². The molecule has 4 rings (SSSR count). The summed E-state index contributed by atoms with van der Waals surface area (Å²) in [6, 6.07) is 9.12. The van der Waals surface area contributed by atoms with E-state index in [1.165, 1.54) is 4.90 Å². The summed E-state index contributed by atoms with van der Waals surface area (Å²) in [7, 11) is 1.98. The highest BCUT2D eigenvalue weighted by Gasteiger charge is 2.37. The molecule has 1 aliphatic rings. The molecule has 1 N–H and O–H groups in total. The third-order valence-electron chi connectivity index (χ3n) is 5.68. The number of anilines is 1. The van der Waals surface area contributed by atoms with Crippen molar-refractivity contribution in [2.75, 3.05) is 4.90 Å². The van der Waals surface area contributed by atoms with Gasteiger partial charge in [0.25, 0.3) is 0 Å². The summed E-state index contributed by atoms with van der Waals surface area (Å²) in [6.45, 7) is 6.35. The topological polar surface area (TPSA) is 78.7 Å². The fourth-order valence-corrected chi connectivity index (χ4v) is 4.19. The average Bonchev–Trinajstić information content (AvgIpc) is 3.06. The van der Waals surface area contributed by atoms with E-state index in [0.29, 0.717) is 24.4 Å². The van der Waals surface area contributed by atoms with E-state index in [0.717, 1.165) is 22.0 Å². The van der Waals surface area contributed by atoms with Crippen LogP contribution >= 0.6 is 0 Å². The highest BCUT2D eigenvalue weighted by atomic mass is 16.4. The molecule has 0 fully saturated rings. The van der Waals surface area contributed by atoms with Gasteiger partial charge in [0, 0.05) is 47.6 Å². The van der Waals surface area contributed by atoms with Gasteiger partial charge in [-0.15, -0.1) is 0 Å². The summed E-state index contributed by atoms with van der Waals surface area (Å²) in [5.74, 6) is -0.941. The number of carboxylic acids is 1. The molecule has 0 saturated carbocycles. The lowest BCUT2D eigenvalue weighted by Gasteiger charge is -2.41. The molecule has 1 atom stereocenters. The largest absolute Gasteiger partial charge is 0.481 e. The highest BCUT2D eigenvalue weighted by Crippen LogP contribution is 2.38. The van der Waals surface area contributed by atoms with Gasteiger partial charge in [-0.1, -0.05) is 31.7 Å². The minimum absolute atomic E-state index is 0.135. The number of hydrogen-bond acceptors (Lipinski definition) is 3. The second kappa shape index (κ2) is 7.67. The van der Waals surface area contributed by atoms with Crippen LogP contribution in [0.3, 0.4) is 0 Å². The van der Waals surface area contributed by atoms with E-state index in [9.17, 15) is 14.7 Å². The molecule has 2 aromatic heterocycles. The monoisotopic (exact) mass is 404 g/mol. The maximum atomic E-state index is 13.6. The molecule has 1 aliphatic heterocycles. The van der Waals surface area contributed by atoms with Gasteiger partial charge in [-0.3, -0.25) is 19.6 Å². The summed E-state index contributed by atoms with van der Waals surface area (Å²) >= 11 is 0. The number of aromatic nitrogens is 2. The average molecular weight is 404 g/mol. The first-order chi connectivity index (χ1) is 14.4. The molecule has 0 radical (unpaired) electrons. The van der Waals surface area contributed by atoms with Crippen molar-refractivity contribution in [2.24, 2.45) is 7.05 Å². The third-order valence-corrected chi connectivity index (χ3v) is 5.68. The van der Waals surface area contributed by atoms with E-state index in [1.807, 2.05) is 55.1 Å². The lowest BCUT2D eigenvalue weighted by Crippen LogP contribution is -2.50. The van der Waals surface area contributed by atoms with E-state index in [1.54, 1.807) is 17.3 Å². The number of aliphatic carboxylic acids is 1. The van der Waals surface area contributed by atoms with Gasteiger partial charge in [0.2, 0.25) is 0 Å². The first-order valence-electron chi connectivity index (χ1n) is 9.91. The van der Waals surface area contributed by atoms with Gasteiger partial charge in [0.05, 0.1) is 24.8 Å². The SMILES string of the molecule is C=C1c2ccncc2N(Cc2cn(C)c3ccccc23)C(=O)N1C(CC)CC(=O)O. The third kappa shape index (κ3) is 3.22. The van der Waals surface area contributed by atoms with Crippen molar-refractivity contribution in [1.82, 2.24) is 14.5 Å². The van der Waals surface area contributed by atoms with Gasteiger partial charge in [-0.05, 0) is 24.1 Å². The van der Waals surface area contributed by atoms with Gasteiger partial charge in [-0.2, -0.15) is 0 Å². The molecular weight excluding hydrogens is 380 g/mol. The first-order valence-corrected chi connectivity index (χ1v) is 9.91. The lowest BCUT2D eigenvalue weighted by molar-refractivity contribution is -0.137. The smallest absolute Gasteiger partial charge is 0.329 e. The number of carbonyl (C=O) groups excluding carboxylic acids is 1. The summed E-state index contributed by atoms with van der Waals surface area (Å²) in [5, 5.41) is 10.4. The Hall–Kier alpha value is -3.61. The number of benzene rings is 1. The van der Waals surface area contributed by atoms with Crippen LogP contribution in [0.25, 0.3) is 16.6 Å². The molecule has 0 saturated heterocycles. The predicted molar refractivity (Wildman–Crippen MR) is 116 cm³/mol. The van der Waals surface area contributed by atoms with Crippen LogP contribution in [-0.4, -0.2) is 37.6 Å². The number of carbonyl (C=O) groups is 2. The standard InChI is InChI=1S/C23H24N4O3/c1-4-17(11-22(28)29)27-15(2)18-9-10-24-12-21(18)26(23(27)30)14-16-13-25(3)20-8-6-5-7-19(16)20/h5-10,12-13,17H,2,4,11,14H2,1,3H3,(H,28,29). The fraction of sp³-hybridized carbons (Fsp3) is 0.261.